The summed E-state index contributed by atoms with van der Waals surface area (Å²) >= 11 is 1.24. The Morgan fingerprint density at radius 2 is 1.90 bits per heavy atom. The molecule has 152 valence electrons. The summed E-state index contributed by atoms with van der Waals surface area (Å²) in [6.45, 7) is 2.81. The first-order valence-electron chi connectivity index (χ1n) is 9.48. The molecule has 10 heteroatoms. The van der Waals surface area contributed by atoms with Crippen LogP contribution < -0.4 is 10.7 Å². The molecule has 1 aliphatic rings. The zero-order valence-corrected chi connectivity index (χ0v) is 16.8. The Morgan fingerprint density at radius 3 is 2.63 bits per heavy atom. The summed E-state index contributed by atoms with van der Waals surface area (Å²) in [7, 11) is 0. The lowest BCUT2D eigenvalue weighted by atomic mass is 10.3. The summed E-state index contributed by atoms with van der Waals surface area (Å²) in [4.78, 5) is 25.6. The molecule has 1 fully saturated rings. The van der Waals surface area contributed by atoms with Gasteiger partial charge in [0.25, 0.3) is 5.91 Å². The number of hydrogen-bond donors (Lipinski definition) is 1. The molecule has 2 N–H and O–H groups in total. The van der Waals surface area contributed by atoms with Gasteiger partial charge < -0.3 is 10.5 Å². The Kier molecular flexibility index (Phi) is 4.87. The molecule has 0 saturated carbocycles. The number of benzene rings is 1. The van der Waals surface area contributed by atoms with Crippen molar-refractivity contribution >= 4 is 34.4 Å². The van der Waals surface area contributed by atoms with Crippen molar-refractivity contribution in [2.45, 2.75) is 0 Å². The maximum absolute atomic E-state index is 11.5. The van der Waals surface area contributed by atoms with Crippen molar-refractivity contribution in [1.29, 1.82) is 0 Å². The van der Waals surface area contributed by atoms with Crippen LogP contribution in [0.2, 0.25) is 0 Å². The van der Waals surface area contributed by atoms with Crippen LogP contribution >= 0.6 is 11.3 Å². The lowest BCUT2D eigenvalue weighted by Crippen LogP contribution is -2.47. The summed E-state index contributed by atoms with van der Waals surface area (Å²) in [6, 6.07) is 10.1. The number of hydrazine groups is 1. The molecule has 30 heavy (non-hydrogen) atoms. The van der Waals surface area contributed by atoms with Gasteiger partial charge in [-0.15, -0.1) is 11.3 Å². The van der Waals surface area contributed by atoms with Crippen molar-refractivity contribution < 1.29 is 9.53 Å². The number of fused-ring (bicyclic) bond motifs is 1. The van der Waals surface area contributed by atoms with Gasteiger partial charge in [-0.1, -0.05) is 18.2 Å². The number of carbonyl (C=O) groups excluding carboxylic acids is 1. The van der Waals surface area contributed by atoms with Crippen LogP contribution in [0.5, 0.6) is 0 Å². The van der Waals surface area contributed by atoms with Crippen molar-refractivity contribution in [2.24, 2.45) is 5.73 Å². The number of primary amides is 1. The maximum Gasteiger partial charge on any atom is 0.260 e. The second-order valence-corrected chi connectivity index (χ2v) is 7.73. The van der Waals surface area contributed by atoms with Gasteiger partial charge in [0.2, 0.25) is 0 Å². The van der Waals surface area contributed by atoms with Gasteiger partial charge in [0.05, 0.1) is 31.3 Å². The van der Waals surface area contributed by atoms with E-state index in [-0.39, 0.29) is 0 Å². The first-order chi connectivity index (χ1) is 14.7. The molecule has 0 spiro atoms. The Bertz CT molecular complexity index is 1180. The van der Waals surface area contributed by atoms with Gasteiger partial charge in [0, 0.05) is 25.5 Å². The van der Waals surface area contributed by atoms with Crippen LogP contribution in [0.4, 0.5) is 11.5 Å². The molecule has 9 nitrogen and oxygen atoms in total. The van der Waals surface area contributed by atoms with Crippen molar-refractivity contribution in [1.82, 2.24) is 24.4 Å². The minimum Gasteiger partial charge on any atom is -0.379 e. The number of rotatable bonds is 5. The maximum atomic E-state index is 11.5. The highest BCUT2D eigenvalue weighted by Crippen LogP contribution is 2.32. The first-order valence-corrected chi connectivity index (χ1v) is 10.3. The molecule has 0 atom stereocenters. The normalized spacial score (nSPS) is 14.8. The zero-order valence-electron chi connectivity index (χ0n) is 16.0. The van der Waals surface area contributed by atoms with Gasteiger partial charge in [-0.05, 0) is 12.1 Å². The van der Waals surface area contributed by atoms with Crippen LogP contribution in [-0.4, -0.2) is 56.6 Å². The minimum atomic E-state index is -0.493. The number of anilines is 2. The lowest BCUT2D eigenvalue weighted by molar-refractivity contribution is 0.0376. The molecule has 0 radical (unpaired) electrons. The van der Waals surface area contributed by atoms with Crippen molar-refractivity contribution in [2.75, 3.05) is 31.3 Å². The van der Waals surface area contributed by atoms with E-state index in [9.17, 15) is 4.79 Å². The van der Waals surface area contributed by atoms with Gasteiger partial charge >= 0.3 is 0 Å². The summed E-state index contributed by atoms with van der Waals surface area (Å²) in [6.07, 6.45) is 6.84. The van der Waals surface area contributed by atoms with Crippen LogP contribution in [0.1, 0.15) is 9.67 Å². The van der Waals surface area contributed by atoms with Gasteiger partial charge in [-0.3, -0.25) is 14.2 Å². The van der Waals surface area contributed by atoms with Crippen molar-refractivity contribution in [3.8, 4) is 10.7 Å². The number of nitrogens with two attached hydrogens (primary N) is 1. The number of thiazole rings is 1. The number of imidazole rings is 1. The lowest BCUT2D eigenvalue weighted by Gasteiger charge is -2.38. The number of para-hydroxylation sites is 1. The summed E-state index contributed by atoms with van der Waals surface area (Å²) in [5, 5.41) is 4.96. The Hall–Kier alpha value is -3.34. The molecular formula is C20H19N7O2S. The number of nitrogens with zero attached hydrogens (tertiary/aromatic N) is 6. The third-order valence-electron chi connectivity index (χ3n) is 4.85. The van der Waals surface area contributed by atoms with Crippen molar-refractivity contribution in [3.05, 3.63) is 60.0 Å². The topological polar surface area (TPSA) is 102 Å². The van der Waals surface area contributed by atoms with Crippen molar-refractivity contribution in [3.63, 3.8) is 0 Å². The quantitative estimate of drug-likeness (QED) is 0.528. The van der Waals surface area contributed by atoms with Crippen LogP contribution in [0.15, 0.2) is 55.1 Å². The van der Waals surface area contributed by atoms with E-state index in [1.54, 1.807) is 12.4 Å². The molecular weight excluding hydrogens is 402 g/mol. The van der Waals surface area contributed by atoms with Crippen LogP contribution in [0, 0.1) is 0 Å². The molecule has 1 amide bonds. The minimum absolute atomic E-state index is 0.404. The highest BCUT2D eigenvalue weighted by atomic mass is 32.1. The van der Waals surface area contributed by atoms with E-state index in [0.717, 1.165) is 24.5 Å². The standard InChI is InChI=1S/C20H19N7O2S/c21-17(28)16-13-24-20(30-16)15-12-23-19(18-22-6-7-26(15)18)27(14-4-2-1-3-5-14)25-8-10-29-11-9-25/h1-7,12-13H,8-11H2,(H2,21,28). The molecule has 1 aromatic carbocycles. The average Bonchev–Trinajstić information content (AvgIpc) is 3.46. The summed E-state index contributed by atoms with van der Waals surface area (Å²) in [5.74, 6) is 0.219. The van der Waals surface area contributed by atoms with E-state index in [4.69, 9.17) is 15.5 Å². The van der Waals surface area contributed by atoms with E-state index in [1.807, 2.05) is 40.9 Å². The van der Waals surface area contributed by atoms with Gasteiger partial charge in [-0.25, -0.2) is 20.0 Å². The highest BCUT2D eigenvalue weighted by Gasteiger charge is 2.25. The fourth-order valence-corrected chi connectivity index (χ4v) is 4.24. The fourth-order valence-electron chi connectivity index (χ4n) is 3.46. The third-order valence-corrected chi connectivity index (χ3v) is 5.88. The fraction of sp³-hybridized carbons (Fsp3) is 0.200. The third kappa shape index (κ3) is 3.30. The van der Waals surface area contributed by atoms with E-state index in [1.165, 1.54) is 17.5 Å². The summed E-state index contributed by atoms with van der Waals surface area (Å²) in [5.41, 5.74) is 7.82. The molecule has 1 aliphatic heterocycles. The monoisotopic (exact) mass is 421 g/mol. The first kappa shape index (κ1) is 18.7. The highest BCUT2D eigenvalue weighted by molar-refractivity contribution is 7.16. The second kappa shape index (κ2) is 7.82. The molecule has 0 aliphatic carbocycles. The Morgan fingerprint density at radius 1 is 1.10 bits per heavy atom. The molecule has 4 aromatic rings. The number of amides is 1. The number of hydrogen-bond acceptors (Lipinski definition) is 8. The number of aromatic nitrogens is 4. The largest absolute Gasteiger partial charge is 0.379 e. The van der Waals surface area contributed by atoms with Crippen LogP contribution in [0.3, 0.4) is 0 Å². The van der Waals surface area contributed by atoms with Crippen LogP contribution in [0.25, 0.3) is 16.3 Å². The average molecular weight is 421 g/mol. The second-order valence-electron chi connectivity index (χ2n) is 6.70. The van der Waals surface area contributed by atoms with E-state index < -0.39 is 5.91 Å². The molecule has 5 rings (SSSR count). The van der Waals surface area contributed by atoms with E-state index in [2.05, 4.69) is 20.0 Å². The van der Waals surface area contributed by atoms with Gasteiger partial charge in [-0.2, -0.15) is 0 Å². The molecule has 0 bridgehead atoms. The predicted molar refractivity (Wildman–Crippen MR) is 114 cm³/mol. The predicted octanol–water partition coefficient (Wildman–Crippen LogP) is 2.34. The van der Waals surface area contributed by atoms with E-state index in [0.29, 0.717) is 34.6 Å². The van der Waals surface area contributed by atoms with Crippen LogP contribution in [-0.2, 0) is 4.74 Å². The smallest absolute Gasteiger partial charge is 0.260 e. The molecule has 3 aromatic heterocycles. The molecule has 0 unspecified atom stereocenters. The van der Waals surface area contributed by atoms with E-state index >= 15 is 0 Å². The number of carbonyl (C=O) groups is 1. The Balaban J connectivity index is 1.64. The zero-order chi connectivity index (χ0) is 20.5. The number of ether oxygens (including phenoxy) is 1. The molecule has 1 saturated heterocycles. The Labute approximate surface area is 176 Å². The van der Waals surface area contributed by atoms with Gasteiger partial charge in [0.1, 0.15) is 15.6 Å². The number of morpholine rings is 1. The van der Waals surface area contributed by atoms with Gasteiger partial charge in [0.15, 0.2) is 11.5 Å². The SMILES string of the molecule is NC(=O)c1cnc(-c2cnc(N(c3ccccc3)N3CCOCC3)c3nccn23)s1. The molecule has 4 heterocycles. The summed E-state index contributed by atoms with van der Waals surface area (Å²) < 4.78 is 7.47.